The molecule has 2 amide bonds. The van der Waals surface area contributed by atoms with Crippen LogP contribution in [-0.4, -0.2) is 43.8 Å². The van der Waals surface area contributed by atoms with Crippen molar-refractivity contribution in [2.24, 2.45) is 0 Å². The van der Waals surface area contributed by atoms with Crippen LogP contribution in [0.1, 0.15) is 47.9 Å². The fourth-order valence-electron chi connectivity index (χ4n) is 5.99. The van der Waals surface area contributed by atoms with Gasteiger partial charge in [-0.05, 0) is 79.3 Å². The van der Waals surface area contributed by atoms with Crippen molar-refractivity contribution in [1.29, 1.82) is 0 Å². The molecule has 4 aromatic rings. The molecule has 0 unspecified atom stereocenters. The molecular weight excluding hydrogens is 618 g/mol. The van der Waals surface area contributed by atoms with E-state index in [0.717, 1.165) is 47.9 Å². The Morgan fingerprint density at radius 3 is 2.15 bits per heavy atom. The summed E-state index contributed by atoms with van der Waals surface area (Å²) in [5.74, 6) is -0.752. The number of halogens is 1. The minimum Gasteiger partial charge on any atom is -0.352 e. The maximum Gasteiger partial charge on any atom is 0.264 e. The minimum absolute atomic E-state index is 0.0406. The van der Waals surface area contributed by atoms with Crippen molar-refractivity contribution < 1.29 is 18.0 Å². The molecule has 0 aliphatic heterocycles. The second-order valence-corrected chi connectivity index (χ2v) is 14.2. The van der Waals surface area contributed by atoms with E-state index in [0.29, 0.717) is 10.7 Å². The molecule has 0 heterocycles. The number of aryl methyl sites for hydroxylation is 1. The number of hydrogen-bond acceptors (Lipinski definition) is 4. The average Bonchev–Trinajstić information content (AvgIpc) is 3.57. The summed E-state index contributed by atoms with van der Waals surface area (Å²) in [7, 11) is -4.16. The SMILES string of the molecule is Cc1cccc(N(CC(=O)N(Cc2cccc(Cl)c2)[C@@H](Cc2ccccc2)C(=O)NC2CCCC2)S(=O)(=O)c2ccccc2)c1C. The van der Waals surface area contributed by atoms with Crippen molar-refractivity contribution in [2.75, 3.05) is 10.8 Å². The number of carbonyl (C=O) groups excluding carboxylic acids is 2. The van der Waals surface area contributed by atoms with Crippen LogP contribution >= 0.6 is 11.6 Å². The second kappa shape index (κ2) is 15.0. The summed E-state index contributed by atoms with van der Waals surface area (Å²) in [5.41, 5.74) is 3.68. The molecule has 7 nitrogen and oxygen atoms in total. The van der Waals surface area contributed by atoms with Crippen LogP contribution in [0.4, 0.5) is 5.69 Å². The molecule has 4 aromatic carbocycles. The predicted octanol–water partition coefficient (Wildman–Crippen LogP) is 6.85. The summed E-state index contributed by atoms with van der Waals surface area (Å²) in [6, 6.07) is 29.4. The maximum absolute atomic E-state index is 14.7. The zero-order valence-electron chi connectivity index (χ0n) is 26.2. The summed E-state index contributed by atoms with van der Waals surface area (Å²) in [6.07, 6.45) is 4.13. The summed E-state index contributed by atoms with van der Waals surface area (Å²) in [4.78, 5) is 30.4. The highest BCUT2D eigenvalue weighted by atomic mass is 35.5. The summed E-state index contributed by atoms with van der Waals surface area (Å²) < 4.78 is 29.7. The zero-order chi connectivity index (χ0) is 32.7. The van der Waals surface area contributed by atoms with Crippen LogP contribution in [0.25, 0.3) is 0 Å². The monoisotopic (exact) mass is 657 g/mol. The van der Waals surface area contributed by atoms with Crippen molar-refractivity contribution in [3.63, 3.8) is 0 Å². The molecular formula is C37H40ClN3O4S. The molecule has 0 bridgehead atoms. The van der Waals surface area contributed by atoms with Gasteiger partial charge in [-0.15, -0.1) is 0 Å². The number of sulfonamides is 1. The van der Waals surface area contributed by atoms with Crippen molar-refractivity contribution >= 4 is 39.1 Å². The Morgan fingerprint density at radius 2 is 1.48 bits per heavy atom. The molecule has 0 radical (unpaired) electrons. The van der Waals surface area contributed by atoms with Crippen LogP contribution in [-0.2, 0) is 32.6 Å². The lowest BCUT2D eigenvalue weighted by Gasteiger charge is -2.34. The molecule has 1 aliphatic rings. The van der Waals surface area contributed by atoms with E-state index in [4.69, 9.17) is 11.6 Å². The number of nitrogens with one attached hydrogen (secondary N) is 1. The van der Waals surface area contributed by atoms with E-state index in [2.05, 4.69) is 5.32 Å². The lowest BCUT2D eigenvalue weighted by Crippen LogP contribution is -2.54. The molecule has 1 saturated carbocycles. The van der Waals surface area contributed by atoms with Gasteiger partial charge in [0.1, 0.15) is 12.6 Å². The Labute approximate surface area is 277 Å². The molecule has 5 rings (SSSR count). The third-order valence-electron chi connectivity index (χ3n) is 8.67. The van der Waals surface area contributed by atoms with Gasteiger partial charge in [0.15, 0.2) is 0 Å². The Bertz CT molecular complexity index is 1760. The van der Waals surface area contributed by atoms with Crippen molar-refractivity contribution in [3.05, 3.63) is 130 Å². The van der Waals surface area contributed by atoms with Gasteiger partial charge in [0, 0.05) is 24.0 Å². The highest BCUT2D eigenvalue weighted by Crippen LogP contribution is 2.29. The van der Waals surface area contributed by atoms with E-state index < -0.39 is 28.5 Å². The molecule has 9 heteroatoms. The van der Waals surface area contributed by atoms with E-state index in [9.17, 15) is 18.0 Å². The zero-order valence-corrected chi connectivity index (χ0v) is 27.8. The first-order valence-corrected chi connectivity index (χ1v) is 17.5. The lowest BCUT2D eigenvalue weighted by atomic mass is 10.0. The molecule has 240 valence electrons. The van der Waals surface area contributed by atoms with Crippen molar-refractivity contribution in [2.45, 2.75) is 69.5 Å². The van der Waals surface area contributed by atoms with Gasteiger partial charge in [0.25, 0.3) is 10.0 Å². The fraction of sp³-hybridized carbons (Fsp3) is 0.297. The Kier molecular flexibility index (Phi) is 10.8. The van der Waals surface area contributed by atoms with E-state index >= 15 is 0 Å². The van der Waals surface area contributed by atoms with Crippen LogP contribution in [0.15, 0.2) is 108 Å². The third-order valence-corrected chi connectivity index (χ3v) is 10.7. The molecule has 1 N–H and O–H groups in total. The molecule has 1 fully saturated rings. The van der Waals surface area contributed by atoms with Gasteiger partial charge < -0.3 is 10.2 Å². The van der Waals surface area contributed by atoms with Gasteiger partial charge in [-0.25, -0.2) is 8.42 Å². The van der Waals surface area contributed by atoms with Gasteiger partial charge in [-0.3, -0.25) is 13.9 Å². The predicted molar refractivity (Wildman–Crippen MR) is 183 cm³/mol. The Hall–Kier alpha value is -4.14. The molecule has 0 aromatic heterocycles. The van der Waals surface area contributed by atoms with Crippen LogP contribution < -0.4 is 9.62 Å². The molecule has 46 heavy (non-hydrogen) atoms. The summed E-state index contributed by atoms with van der Waals surface area (Å²) in [6.45, 7) is 3.33. The third kappa shape index (κ3) is 7.98. The quantitative estimate of drug-likeness (QED) is 0.181. The van der Waals surface area contributed by atoms with E-state index in [-0.39, 0.29) is 29.8 Å². The number of nitrogens with zero attached hydrogens (tertiary/aromatic N) is 2. The highest BCUT2D eigenvalue weighted by Gasteiger charge is 2.36. The van der Waals surface area contributed by atoms with E-state index in [1.165, 1.54) is 21.3 Å². The summed E-state index contributed by atoms with van der Waals surface area (Å²) in [5, 5.41) is 3.70. The number of amides is 2. The van der Waals surface area contributed by atoms with Crippen LogP contribution in [0, 0.1) is 13.8 Å². The van der Waals surface area contributed by atoms with Gasteiger partial charge in [-0.1, -0.05) is 97.2 Å². The molecule has 0 saturated heterocycles. The van der Waals surface area contributed by atoms with Gasteiger partial charge in [0.05, 0.1) is 10.6 Å². The Balaban J connectivity index is 1.59. The topological polar surface area (TPSA) is 86.8 Å². The smallest absolute Gasteiger partial charge is 0.264 e. The molecule has 1 aliphatic carbocycles. The lowest BCUT2D eigenvalue weighted by molar-refractivity contribution is -0.140. The first-order valence-electron chi connectivity index (χ1n) is 15.7. The second-order valence-electron chi connectivity index (χ2n) is 11.9. The largest absolute Gasteiger partial charge is 0.352 e. The normalized spacial score (nSPS) is 14.1. The average molecular weight is 658 g/mol. The van der Waals surface area contributed by atoms with Crippen LogP contribution in [0.2, 0.25) is 5.02 Å². The molecule has 0 spiro atoms. The number of hydrogen-bond donors (Lipinski definition) is 1. The van der Waals surface area contributed by atoms with Crippen LogP contribution in [0.5, 0.6) is 0 Å². The van der Waals surface area contributed by atoms with Gasteiger partial charge in [0.2, 0.25) is 11.8 Å². The van der Waals surface area contributed by atoms with Gasteiger partial charge in [-0.2, -0.15) is 0 Å². The molecule has 1 atom stereocenters. The number of rotatable bonds is 12. The number of anilines is 1. The maximum atomic E-state index is 14.7. The first kappa shape index (κ1) is 33.2. The van der Waals surface area contributed by atoms with Crippen molar-refractivity contribution in [1.82, 2.24) is 10.2 Å². The number of carbonyl (C=O) groups is 2. The Morgan fingerprint density at radius 1 is 0.848 bits per heavy atom. The first-order chi connectivity index (χ1) is 22.1. The standard InChI is InChI=1S/C37H40ClN3O4S/c1-27-13-11-22-34(28(27)2)41(46(44,45)33-20-7-4-8-21-33)26-36(42)40(25-30-16-12-17-31(38)23-30)35(24-29-14-5-3-6-15-29)37(43)39-32-18-9-10-19-32/h3-8,11-17,20-23,32,35H,9-10,18-19,24-26H2,1-2H3,(H,39,43)/t35-/m0/s1. The van der Waals surface area contributed by atoms with Crippen LogP contribution in [0.3, 0.4) is 0 Å². The van der Waals surface area contributed by atoms with E-state index in [1.54, 1.807) is 48.5 Å². The minimum atomic E-state index is -4.16. The van der Waals surface area contributed by atoms with Crippen molar-refractivity contribution in [3.8, 4) is 0 Å². The highest BCUT2D eigenvalue weighted by molar-refractivity contribution is 7.92. The van der Waals surface area contributed by atoms with Gasteiger partial charge >= 0.3 is 0 Å². The van der Waals surface area contributed by atoms with E-state index in [1.807, 2.05) is 56.3 Å². The number of benzene rings is 4. The fourth-order valence-corrected chi connectivity index (χ4v) is 7.70. The summed E-state index contributed by atoms with van der Waals surface area (Å²) >= 11 is 6.35.